The Hall–Kier alpha value is -1.43. The maximum atomic E-state index is 9.20. The summed E-state index contributed by atoms with van der Waals surface area (Å²) < 4.78 is 0. The van der Waals surface area contributed by atoms with E-state index in [2.05, 4.69) is 34.7 Å². The van der Waals surface area contributed by atoms with E-state index in [0.29, 0.717) is 12.5 Å². The van der Waals surface area contributed by atoms with Crippen LogP contribution in [0.1, 0.15) is 24.1 Å². The number of likely N-dealkylation sites (tertiary alicyclic amines) is 1. The molecule has 0 spiro atoms. The third kappa shape index (κ3) is 3.85. The summed E-state index contributed by atoms with van der Waals surface area (Å²) >= 11 is 1.66. The molecule has 1 fully saturated rings. The Labute approximate surface area is 135 Å². The molecule has 0 aliphatic carbocycles. The van der Waals surface area contributed by atoms with Crippen LogP contribution in [-0.2, 0) is 6.54 Å². The van der Waals surface area contributed by atoms with Crippen LogP contribution in [-0.4, -0.2) is 34.7 Å². The second-order valence-electron chi connectivity index (χ2n) is 5.99. The third-order valence-corrected chi connectivity index (χ3v) is 5.10. The van der Waals surface area contributed by atoms with Crippen LogP contribution in [0.3, 0.4) is 0 Å². The van der Waals surface area contributed by atoms with Crippen LogP contribution >= 0.6 is 11.3 Å². The summed E-state index contributed by atoms with van der Waals surface area (Å²) in [5.74, 6) is 0.491. The van der Waals surface area contributed by atoms with Crippen molar-refractivity contribution in [2.75, 3.05) is 25.0 Å². The average molecular weight is 317 g/mol. The molecule has 2 heterocycles. The minimum absolute atomic E-state index is 0.328. The number of aliphatic hydroxyl groups excluding tert-OH is 1. The molecule has 0 saturated carbocycles. The Morgan fingerprint density at radius 3 is 2.82 bits per heavy atom. The smallest absolute Gasteiger partial charge is 0.187 e. The van der Waals surface area contributed by atoms with E-state index in [4.69, 9.17) is 4.98 Å². The van der Waals surface area contributed by atoms with Crippen LogP contribution in [0, 0.1) is 12.8 Å². The van der Waals surface area contributed by atoms with Gasteiger partial charge in [0.25, 0.3) is 0 Å². The molecule has 3 rings (SSSR count). The van der Waals surface area contributed by atoms with Gasteiger partial charge >= 0.3 is 0 Å². The summed E-state index contributed by atoms with van der Waals surface area (Å²) in [5.41, 5.74) is 3.47. The van der Waals surface area contributed by atoms with Gasteiger partial charge in [-0.25, -0.2) is 4.98 Å². The number of para-hydroxylation sites is 1. The van der Waals surface area contributed by atoms with Crippen LogP contribution in [0.4, 0.5) is 10.8 Å². The first-order chi connectivity index (χ1) is 10.7. The zero-order chi connectivity index (χ0) is 15.4. The van der Waals surface area contributed by atoms with Gasteiger partial charge in [0.05, 0.1) is 5.69 Å². The van der Waals surface area contributed by atoms with E-state index in [-0.39, 0.29) is 0 Å². The van der Waals surface area contributed by atoms with Crippen molar-refractivity contribution in [2.45, 2.75) is 26.3 Å². The molecule has 0 unspecified atom stereocenters. The van der Waals surface area contributed by atoms with Crippen LogP contribution in [0.5, 0.6) is 0 Å². The maximum absolute atomic E-state index is 9.20. The molecule has 1 aromatic heterocycles. The van der Waals surface area contributed by atoms with Crippen LogP contribution in [0.25, 0.3) is 0 Å². The minimum Gasteiger partial charge on any atom is -0.396 e. The van der Waals surface area contributed by atoms with E-state index in [1.165, 1.54) is 5.56 Å². The Kier molecular flexibility index (Phi) is 5.08. The Morgan fingerprint density at radius 2 is 2.09 bits per heavy atom. The molecule has 0 atom stereocenters. The first kappa shape index (κ1) is 15.5. The fraction of sp³-hybridized carbons (Fsp3) is 0.471. The number of hydrogen-bond acceptors (Lipinski definition) is 5. The second kappa shape index (κ2) is 7.22. The average Bonchev–Trinajstić information content (AvgIpc) is 2.97. The summed E-state index contributed by atoms with van der Waals surface area (Å²) in [6, 6.07) is 8.26. The minimum atomic E-state index is 0.328. The number of benzene rings is 1. The highest BCUT2D eigenvalue weighted by Gasteiger charge is 2.19. The van der Waals surface area contributed by atoms with Crippen LogP contribution < -0.4 is 5.32 Å². The first-order valence-electron chi connectivity index (χ1n) is 7.85. The van der Waals surface area contributed by atoms with E-state index in [1.54, 1.807) is 11.3 Å². The van der Waals surface area contributed by atoms with Gasteiger partial charge in [0, 0.05) is 24.2 Å². The number of aliphatic hydroxyl groups is 1. The molecule has 2 aromatic rings. The van der Waals surface area contributed by atoms with Crippen molar-refractivity contribution in [1.82, 2.24) is 9.88 Å². The van der Waals surface area contributed by atoms with Gasteiger partial charge in [-0.05, 0) is 50.4 Å². The molecule has 0 radical (unpaired) electrons. The predicted molar refractivity (Wildman–Crippen MR) is 91.7 cm³/mol. The van der Waals surface area contributed by atoms with Crippen LogP contribution in [0.2, 0.25) is 0 Å². The summed E-state index contributed by atoms with van der Waals surface area (Å²) in [5, 5.41) is 15.7. The molecular weight excluding hydrogens is 294 g/mol. The summed E-state index contributed by atoms with van der Waals surface area (Å²) in [6.07, 6.45) is 2.18. The predicted octanol–water partition coefficient (Wildman–Crippen LogP) is 3.40. The van der Waals surface area contributed by atoms with Crippen molar-refractivity contribution in [3.8, 4) is 0 Å². The molecule has 1 aliphatic heterocycles. The van der Waals surface area contributed by atoms with Crippen molar-refractivity contribution in [3.63, 3.8) is 0 Å². The highest BCUT2D eigenvalue weighted by Crippen LogP contribution is 2.25. The van der Waals surface area contributed by atoms with Gasteiger partial charge < -0.3 is 10.4 Å². The lowest BCUT2D eigenvalue weighted by atomic mass is 9.98. The highest BCUT2D eigenvalue weighted by atomic mass is 32.1. The van der Waals surface area contributed by atoms with Gasteiger partial charge in [0.2, 0.25) is 0 Å². The highest BCUT2D eigenvalue weighted by molar-refractivity contribution is 7.13. The number of piperidine rings is 1. The summed E-state index contributed by atoms with van der Waals surface area (Å²) in [6.45, 7) is 5.45. The Balaban J connectivity index is 1.57. The van der Waals surface area contributed by atoms with E-state index >= 15 is 0 Å². The van der Waals surface area contributed by atoms with E-state index in [9.17, 15) is 5.11 Å². The van der Waals surface area contributed by atoms with E-state index in [1.807, 2.05) is 12.1 Å². The second-order valence-corrected chi connectivity index (χ2v) is 6.84. The zero-order valence-electron chi connectivity index (χ0n) is 13.0. The quantitative estimate of drug-likeness (QED) is 0.887. The fourth-order valence-electron chi connectivity index (χ4n) is 2.82. The molecule has 1 aliphatic rings. The topological polar surface area (TPSA) is 48.4 Å². The van der Waals surface area contributed by atoms with Gasteiger partial charge in [0.1, 0.15) is 0 Å². The largest absolute Gasteiger partial charge is 0.396 e. The Bertz CT molecular complexity index is 605. The maximum Gasteiger partial charge on any atom is 0.187 e. The number of aromatic nitrogens is 1. The summed E-state index contributed by atoms with van der Waals surface area (Å²) in [7, 11) is 0. The number of nitrogens with zero attached hydrogens (tertiary/aromatic N) is 2. The van der Waals surface area contributed by atoms with Crippen molar-refractivity contribution in [1.29, 1.82) is 0 Å². The van der Waals surface area contributed by atoms with Crippen molar-refractivity contribution in [2.24, 2.45) is 5.92 Å². The SMILES string of the molecule is Cc1ccccc1Nc1nc(CN2CCC(CO)CC2)cs1. The molecule has 22 heavy (non-hydrogen) atoms. The monoisotopic (exact) mass is 317 g/mol. The molecule has 1 saturated heterocycles. The molecule has 5 heteroatoms. The van der Waals surface area contributed by atoms with Gasteiger partial charge in [0.15, 0.2) is 5.13 Å². The van der Waals surface area contributed by atoms with E-state index in [0.717, 1.165) is 49.0 Å². The number of anilines is 2. The van der Waals surface area contributed by atoms with Crippen molar-refractivity contribution in [3.05, 3.63) is 40.9 Å². The lowest BCUT2D eigenvalue weighted by Crippen LogP contribution is -2.34. The van der Waals surface area contributed by atoms with Crippen molar-refractivity contribution >= 4 is 22.2 Å². The third-order valence-electron chi connectivity index (χ3n) is 4.29. The van der Waals surface area contributed by atoms with Crippen LogP contribution in [0.15, 0.2) is 29.6 Å². The number of hydrogen-bond donors (Lipinski definition) is 2. The number of rotatable bonds is 5. The molecule has 0 bridgehead atoms. The van der Waals surface area contributed by atoms with Gasteiger partial charge in [-0.3, -0.25) is 4.90 Å². The number of aryl methyl sites for hydroxylation is 1. The molecule has 2 N–H and O–H groups in total. The first-order valence-corrected chi connectivity index (χ1v) is 8.73. The lowest BCUT2D eigenvalue weighted by Gasteiger charge is -2.30. The fourth-order valence-corrected chi connectivity index (χ4v) is 3.54. The normalized spacial score (nSPS) is 16.8. The number of nitrogens with one attached hydrogen (secondary N) is 1. The number of thiazole rings is 1. The van der Waals surface area contributed by atoms with E-state index < -0.39 is 0 Å². The lowest BCUT2D eigenvalue weighted by molar-refractivity contribution is 0.126. The molecule has 118 valence electrons. The molecule has 1 aromatic carbocycles. The molecular formula is C17H23N3OS. The van der Waals surface area contributed by atoms with Gasteiger partial charge in [-0.15, -0.1) is 11.3 Å². The zero-order valence-corrected chi connectivity index (χ0v) is 13.8. The molecule has 0 amide bonds. The summed E-state index contributed by atoms with van der Waals surface area (Å²) in [4.78, 5) is 7.13. The Morgan fingerprint density at radius 1 is 1.32 bits per heavy atom. The van der Waals surface area contributed by atoms with Gasteiger partial charge in [-0.2, -0.15) is 0 Å². The molecule has 4 nitrogen and oxygen atoms in total. The standard InChI is InChI=1S/C17H23N3OS/c1-13-4-2-3-5-16(13)19-17-18-15(12-22-17)10-20-8-6-14(11-21)7-9-20/h2-5,12,14,21H,6-11H2,1H3,(H,18,19). The van der Waals surface area contributed by atoms with Crippen molar-refractivity contribution < 1.29 is 5.11 Å². The van der Waals surface area contributed by atoms with Gasteiger partial charge in [-0.1, -0.05) is 18.2 Å².